The molecule has 0 bridgehead atoms. The molecule has 0 unspecified atom stereocenters. The summed E-state index contributed by atoms with van der Waals surface area (Å²) in [4.78, 5) is 4.21. The van der Waals surface area contributed by atoms with Crippen molar-refractivity contribution >= 4 is 11.3 Å². The summed E-state index contributed by atoms with van der Waals surface area (Å²) in [6.45, 7) is 2.04. The lowest BCUT2D eigenvalue weighted by Gasteiger charge is -1.96. The van der Waals surface area contributed by atoms with E-state index in [9.17, 15) is 4.39 Å². The third kappa shape index (κ3) is 1.18. The van der Waals surface area contributed by atoms with Gasteiger partial charge in [-0.15, -0.1) is 11.3 Å². The van der Waals surface area contributed by atoms with Crippen LogP contribution in [0.15, 0.2) is 5.38 Å². The molecule has 1 nitrogen and oxygen atoms in total. The molecule has 0 amide bonds. The van der Waals surface area contributed by atoms with Crippen LogP contribution in [0.25, 0.3) is 0 Å². The first kappa shape index (κ1) is 7.22. The highest BCUT2D eigenvalue weighted by Gasteiger charge is 2.46. The predicted octanol–water partition coefficient (Wildman–Crippen LogP) is 2.66. The standard InChI is InChI=1S/C8H10FNS/c1-2-7-10-6(5-11-7)8(9)3-4-8/h5H,2-4H2,1H3. The molecular weight excluding hydrogens is 161 g/mol. The molecule has 1 aliphatic rings. The van der Waals surface area contributed by atoms with Crippen LogP contribution < -0.4 is 0 Å². The Labute approximate surface area is 69.3 Å². The molecule has 0 atom stereocenters. The molecule has 3 heteroatoms. The fourth-order valence-electron chi connectivity index (χ4n) is 1.04. The lowest BCUT2D eigenvalue weighted by atomic mass is 10.3. The van der Waals surface area contributed by atoms with Crippen LogP contribution >= 0.6 is 11.3 Å². The molecule has 1 aliphatic carbocycles. The summed E-state index contributed by atoms with van der Waals surface area (Å²) >= 11 is 1.57. The molecule has 0 saturated heterocycles. The molecule has 1 saturated carbocycles. The quantitative estimate of drug-likeness (QED) is 0.666. The number of rotatable bonds is 2. The highest BCUT2D eigenvalue weighted by Crippen LogP contribution is 2.49. The van der Waals surface area contributed by atoms with E-state index in [0.717, 1.165) is 11.4 Å². The van der Waals surface area contributed by atoms with Gasteiger partial charge in [0, 0.05) is 5.38 Å². The Balaban J connectivity index is 2.25. The Bertz CT molecular complexity index is 265. The number of hydrogen-bond donors (Lipinski definition) is 0. The average molecular weight is 171 g/mol. The van der Waals surface area contributed by atoms with Crippen LogP contribution in [0, 0.1) is 0 Å². The van der Waals surface area contributed by atoms with Crippen LogP contribution in [0.3, 0.4) is 0 Å². The molecular formula is C8H10FNS. The Morgan fingerprint density at radius 3 is 2.91 bits per heavy atom. The van der Waals surface area contributed by atoms with Crippen LogP contribution in [-0.2, 0) is 12.1 Å². The smallest absolute Gasteiger partial charge is 0.153 e. The maximum atomic E-state index is 13.3. The van der Waals surface area contributed by atoms with Gasteiger partial charge in [-0.05, 0) is 19.3 Å². The summed E-state index contributed by atoms with van der Waals surface area (Å²) in [6.07, 6.45) is 2.25. The van der Waals surface area contributed by atoms with E-state index in [1.54, 1.807) is 11.3 Å². The lowest BCUT2D eigenvalue weighted by Crippen LogP contribution is -1.97. The van der Waals surface area contributed by atoms with Gasteiger partial charge < -0.3 is 0 Å². The highest BCUT2D eigenvalue weighted by atomic mass is 32.1. The van der Waals surface area contributed by atoms with Gasteiger partial charge in [0.1, 0.15) is 0 Å². The molecule has 0 aromatic carbocycles. The van der Waals surface area contributed by atoms with Gasteiger partial charge in [-0.2, -0.15) is 0 Å². The van der Waals surface area contributed by atoms with Gasteiger partial charge >= 0.3 is 0 Å². The monoisotopic (exact) mass is 171 g/mol. The van der Waals surface area contributed by atoms with Crippen LogP contribution in [0.2, 0.25) is 0 Å². The van der Waals surface area contributed by atoms with Gasteiger partial charge in [-0.3, -0.25) is 0 Å². The second kappa shape index (κ2) is 2.27. The summed E-state index contributed by atoms with van der Waals surface area (Å²) in [6, 6.07) is 0. The summed E-state index contributed by atoms with van der Waals surface area (Å²) in [5, 5.41) is 2.90. The first-order chi connectivity index (χ1) is 5.24. The van der Waals surface area contributed by atoms with Crippen molar-refractivity contribution in [3.63, 3.8) is 0 Å². The van der Waals surface area contributed by atoms with Crippen molar-refractivity contribution in [3.05, 3.63) is 16.1 Å². The van der Waals surface area contributed by atoms with E-state index in [-0.39, 0.29) is 0 Å². The number of halogens is 1. The van der Waals surface area contributed by atoms with Gasteiger partial charge in [-0.1, -0.05) is 6.92 Å². The summed E-state index contributed by atoms with van der Waals surface area (Å²) in [7, 11) is 0. The van der Waals surface area contributed by atoms with Crippen molar-refractivity contribution in [1.82, 2.24) is 4.98 Å². The second-order valence-electron chi connectivity index (χ2n) is 2.95. The third-order valence-electron chi connectivity index (χ3n) is 2.00. The Hall–Kier alpha value is -0.440. The largest absolute Gasteiger partial charge is 0.243 e. The SMILES string of the molecule is CCc1nc(C2(F)CC2)cs1. The molecule has 1 aromatic heterocycles. The Morgan fingerprint density at radius 2 is 2.45 bits per heavy atom. The topological polar surface area (TPSA) is 12.9 Å². The Kier molecular flexibility index (Phi) is 1.49. The van der Waals surface area contributed by atoms with Crippen molar-refractivity contribution in [2.45, 2.75) is 31.9 Å². The van der Waals surface area contributed by atoms with Crippen LogP contribution in [0.5, 0.6) is 0 Å². The molecule has 1 fully saturated rings. The summed E-state index contributed by atoms with van der Waals surface area (Å²) in [5.41, 5.74) is -0.372. The van der Waals surface area contributed by atoms with Crippen molar-refractivity contribution in [2.75, 3.05) is 0 Å². The van der Waals surface area contributed by atoms with E-state index < -0.39 is 5.67 Å². The number of nitrogens with zero attached hydrogens (tertiary/aromatic N) is 1. The number of aryl methyl sites for hydroxylation is 1. The summed E-state index contributed by atoms with van der Waals surface area (Å²) < 4.78 is 13.3. The molecule has 0 N–H and O–H groups in total. The zero-order valence-corrected chi connectivity index (χ0v) is 7.25. The number of thiazole rings is 1. The molecule has 0 spiro atoms. The van der Waals surface area contributed by atoms with Crippen LogP contribution in [-0.4, -0.2) is 4.98 Å². The highest BCUT2D eigenvalue weighted by molar-refractivity contribution is 7.09. The number of aromatic nitrogens is 1. The average Bonchev–Trinajstić information content (AvgIpc) is 2.61. The van der Waals surface area contributed by atoms with E-state index in [1.807, 2.05) is 12.3 Å². The minimum atomic E-state index is -1.04. The van der Waals surface area contributed by atoms with Crippen molar-refractivity contribution in [1.29, 1.82) is 0 Å². The minimum Gasteiger partial charge on any atom is -0.243 e. The fourth-order valence-corrected chi connectivity index (χ4v) is 1.87. The van der Waals surface area contributed by atoms with E-state index in [0.29, 0.717) is 18.5 Å². The maximum Gasteiger partial charge on any atom is 0.153 e. The van der Waals surface area contributed by atoms with Gasteiger partial charge in [0.2, 0.25) is 0 Å². The molecule has 1 heterocycles. The van der Waals surface area contributed by atoms with E-state index >= 15 is 0 Å². The molecule has 2 rings (SSSR count). The van der Waals surface area contributed by atoms with Crippen molar-refractivity contribution in [2.24, 2.45) is 0 Å². The van der Waals surface area contributed by atoms with E-state index in [1.165, 1.54) is 0 Å². The molecule has 60 valence electrons. The predicted molar refractivity (Wildman–Crippen MR) is 43.5 cm³/mol. The molecule has 0 radical (unpaired) electrons. The number of alkyl halides is 1. The number of hydrogen-bond acceptors (Lipinski definition) is 2. The van der Waals surface area contributed by atoms with Crippen LogP contribution in [0.4, 0.5) is 4.39 Å². The summed E-state index contributed by atoms with van der Waals surface area (Å²) in [5.74, 6) is 0. The fraction of sp³-hybridized carbons (Fsp3) is 0.625. The van der Waals surface area contributed by atoms with Gasteiger partial charge in [0.15, 0.2) is 5.67 Å². The molecule has 0 aliphatic heterocycles. The van der Waals surface area contributed by atoms with E-state index in [2.05, 4.69) is 4.98 Å². The zero-order chi connectivity index (χ0) is 7.90. The van der Waals surface area contributed by atoms with Gasteiger partial charge in [0.05, 0.1) is 10.7 Å². The van der Waals surface area contributed by atoms with Crippen molar-refractivity contribution in [3.8, 4) is 0 Å². The van der Waals surface area contributed by atoms with E-state index in [4.69, 9.17) is 0 Å². The normalized spacial score (nSPS) is 20.2. The first-order valence-corrected chi connectivity index (χ1v) is 4.76. The van der Waals surface area contributed by atoms with Gasteiger partial charge in [-0.25, -0.2) is 9.37 Å². The zero-order valence-electron chi connectivity index (χ0n) is 6.43. The first-order valence-electron chi connectivity index (χ1n) is 3.88. The lowest BCUT2D eigenvalue weighted by molar-refractivity contribution is 0.310. The third-order valence-corrected chi connectivity index (χ3v) is 3.00. The van der Waals surface area contributed by atoms with Crippen molar-refractivity contribution < 1.29 is 4.39 Å². The molecule has 11 heavy (non-hydrogen) atoms. The maximum absolute atomic E-state index is 13.3. The molecule has 1 aromatic rings. The second-order valence-corrected chi connectivity index (χ2v) is 3.89. The van der Waals surface area contributed by atoms with Gasteiger partial charge in [0.25, 0.3) is 0 Å². The van der Waals surface area contributed by atoms with Crippen LogP contribution in [0.1, 0.15) is 30.5 Å². The Morgan fingerprint density at radius 1 is 1.73 bits per heavy atom. The minimum absolute atomic E-state index is 0.666.